The SMILES string of the molecule is CS(=O)(=O)c1ccc(OCCN2CCC3(CCCOC3)C2)cc1. The highest BCUT2D eigenvalue weighted by molar-refractivity contribution is 7.90. The second kappa shape index (κ2) is 6.79. The van der Waals surface area contributed by atoms with Crippen molar-refractivity contribution in [1.82, 2.24) is 4.90 Å². The van der Waals surface area contributed by atoms with Crippen molar-refractivity contribution < 1.29 is 17.9 Å². The lowest BCUT2D eigenvalue weighted by Crippen LogP contribution is -2.36. The third-order valence-corrected chi connectivity index (χ3v) is 5.98. The van der Waals surface area contributed by atoms with Gasteiger partial charge < -0.3 is 9.47 Å². The third-order valence-electron chi connectivity index (χ3n) is 4.85. The van der Waals surface area contributed by atoms with E-state index in [4.69, 9.17) is 9.47 Å². The molecule has 2 aliphatic heterocycles. The molecule has 1 unspecified atom stereocenters. The highest BCUT2D eigenvalue weighted by Crippen LogP contribution is 2.37. The first-order valence-corrected chi connectivity index (χ1v) is 10.1. The summed E-state index contributed by atoms with van der Waals surface area (Å²) in [5.41, 5.74) is 0.370. The number of benzene rings is 1. The molecule has 0 aromatic heterocycles. The predicted octanol–water partition coefficient (Wildman–Crippen LogP) is 1.97. The van der Waals surface area contributed by atoms with E-state index < -0.39 is 9.84 Å². The topological polar surface area (TPSA) is 55.8 Å². The molecule has 2 fully saturated rings. The van der Waals surface area contributed by atoms with Crippen molar-refractivity contribution in [2.24, 2.45) is 5.41 Å². The molecule has 0 aliphatic carbocycles. The molecule has 23 heavy (non-hydrogen) atoms. The van der Waals surface area contributed by atoms with Crippen LogP contribution >= 0.6 is 0 Å². The first kappa shape index (κ1) is 16.7. The van der Waals surface area contributed by atoms with Gasteiger partial charge >= 0.3 is 0 Å². The fourth-order valence-corrected chi connectivity index (χ4v) is 4.16. The van der Waals surface area contributed by atoms with Crippen molar-refractivity contribution in [3.05, 3.63) is 24.3 Å². The van der Waals surface area contributed by atoms with E-state index in [-0.39, 0.29) is 0 Å². The predicted molar refractivity (Wildman–Crippen MR) is 88.6 cm³/mol. The summed E-state index contributed by atoms with van der Waals surface area (Å²) >= 11 is 0. The molecule has 1 spiro atoms. The van der Waals surface area contributed by atoms with Crippen LogP contribution < -0.4 is 4.74 Å². The van der Waals surface area contributed by atoms with Crippen LogP contribution in [0.5, 0.6) is 5.75 Å². The number of hydrogen-bond acceptors (Lipinski definition) is 5. The minimum atomic E-state index is -3.14. The monoisotopic (exact) mass is 339 g/mol. The van der Waals surface area contributed by atoms with Gasteiger partial charge in [0.25, 0.3) is 0 Å². The minimum absolute atomic E-state index is 0.323. The summed E-state index contributed by atoms with van der Waals surface area (Å²) in [5, 5.41) is 0. The van der Waals surface area contributed by atoms with Gasteiger partial charge in [-0.05, 0) is 50.1 Å². The Morgan fingerprint density at radius 2 is 2.04 bits per heavy atom. The van der Waals surface area contributed by atoms with Gasteiger partial charge in [-0.2, -0.15) is 0 Å². The average Bonchev–Trinajstić information content (AvgIpc) is 2.90. The molecular formula is C17H25NO4S. The molecule has 1 aromatic carbocycles. The van der Waals surface area contributed by atoms with Crippen LogP contribution in [0.25, 0.3) is 0 Å². The molecule has 5 nitrogen and oxygen atoms in total. The molecule has 1 aromatic rings. The van der Waals surface area contributed by atoms with Gasteiger partial charge in [-0.15, -0.1) is 0 Å². The Bertz CT molecular complexity index is 620. The molecule has 1 atom stereocenters. The summed E-state index contributed by atoms with van der Waals surface area (Å²) in [4.78, 5) is 2.77. The highest BCUT2D eigenvalue weighted by Gasteiger charge is 2.39. The van der Waals surface area contributed by atoms with Gasteiger partial charge in [0, 0.05) is 31.4 Å². The van der Waals surface area contributed by atoms with Crippen molar-refractivity contribution in [2.75, 3.05) is 45.7 Å². The number of nitrogens with zero attached hydrogens (tertiary/aromatic N) is 1. The van der Waals surface area contributed by atoms with Crippen LogP contribution in [-0.4, -0.2) is 59.0 Å². The van der Waals surface area contributed by atoms with Gasteiger partial charge in [-0.25, -0.2) is 8.42 Å². The Balaban J connectivity index is 1.45. The van der Waals surface area contributed by atoms with E-state index in [1.165, 1.54) is 25.5 Å². The molecule has 2 aliphatic rings. The van der Waals surface area contributed by atoms with Crippen molar-refractivity contribution in [3.8, 4) is 5.75 Å². The Morgan fingerprint density at radius 1 is 1.26 bits per heavy atom. The van der Waals surface area contributed by atoms with Crippen molar-refractivity contribution in [2.45, 2.75) is 24.2 Å². The van der Waals surface area contributed by atoms with Gasteiger partial charge in [-0.3, -0.25) is 4.90 Å². The van der Waals surface area contributed by atoms with E-state index in [1.54, 1.807) is 24.3 Å². The molecule has 2 saturated heterocycles. The summed E-state index contributed by atoms with van der Waals surface area (Å²) in [5.74, 6) is 0.715. The first-order chi connectivity index (χ1) is 11.0. The van der Waals surface area contributed by atoms with Gasteiger partial charge in [0.15, 0.2) is 9.84 Å². The summed E-state index contributed by atoms with van der Waals surface area (Å²) in [6, 6.07) is 6.62. The van der Waals surface area contributed by atoms with Crippen LogP contribution in [0.4, 0.5) is 0 Å². The standard InChI is InChI=1S/C17H25NO4S/c1-23(19,20)16-5-3-15(4-6-16)22-12-10-18-9-8-17(13-18)7-2-11-21-14-17/h3-6H,2,7-14H2,1H3. The molecule has 0 amide bonds. The van der Waals surface area contributed by atoms with Crippen LogP contribution in [0.2, 0.25) is 0 Å². The van der Waals surface area contributed by atoms with Crippen LogP contribution in [0.3, 0.4) is 0 Å². The van der Waals surface area contributed by atoms with Crippen molar-refractivity contribution in [3.63, 3.8) is 0 Å². The van der Waals surface area contributed by atoms with Crippen LogP contribution in [0, 0.1) is 5.41 Å². The first-order valence-electron chi connectivity index (χ1n) is 8.20. The number of sulfone groups is 1. The highest BCUT2D eigenvalue weighted by atomic mass is 32.2. The van der Waals surface area contributed by atoms with Gasteiger partial charge in [-0.1, -0.05) is 0 Å². The van der Waals surface area contributed by atoms with Crippen LogP contribution in [-0.2, 0) is 14.6 Å². The molecule has 128 valence electrons. The normalized spacial score (nSPS) is 25.8. The maximum Gasteiger partial charge on any atom is 0.175 e. The second-order valence-electron chi connectivity index (χ2n) is 6.77. The number of ether oxygens (including phenoxy) is 2. The molecule has 6 heteroatoms. The fourth-order valence-electron chi connectivity index (χ4n) is 3.53. The number of hydrogen-bond donors (Lipinski definition) is 0. The summed E-state index contributed by atoms with van der Waals surface area (Å²) in [6.07, 6.45) is 4.88. The van der Waals surface area contributed by atoms with E-state index in [0.29, 0.717) is 22.7 Å². The van der Waals surface area contributed by atoms with E-state index in [0.717, 1.165) is 32.8 Å². The largest absolute Gasteiger partial charge is 0.492 e. The minimum Gasteiger partial charge on any atom is -0.492 e. The zero-order chi connectivity index (χ0) is 16.3. The maximum absolute atomic E-state index is 11.4. The lowest BCUT2D eigenvalue weighted by atomic mass is 9.82. The van der Waals surface area contributed by atoms with E-state index in [2.05, 4.69) is 4.90 Å². The van der Waals surface area contributed by atoms with Gasteiger partial charge in [0.2, 0.25) is 0 Å². The summed E-state index contributed by atoms with van der Waals surface area (Å²) < 4.78 is 34.2. The molecule has 0 saturated carbocycles. The molecule has 0 bridgehead atoms. The van der Waals surface area contributed by atoms with Crippen LogP contribution in [0.1, 0.15) is 19.3 Å². The van der Waals surface area contributed by atoms with E-state index in [9.17, 15) is 8.42 Å². The fraction of sp³-hybridized carbons (Fsp3) is 0.647. The van der Waals surface area contributed by atoms with Gasteiger partial charge in [0.05, 0.1) is 11.5 Å². The quantitative estimate of drug-likeness (QED) is 0.821. The Kier molecular flexibility index (Phi) is 4.94. The van der Waals surface area contributed by atoms with E-state index >= 15 is 0 Å². The Labute approximate surface area is 138 Å². The lowest BCUT2D eigenvalue weighted by molar-refractivity contribution is -0.00256. The van der Waals surface area contributed by atoms with Crippen molar-refractivity contribution >= 4 is 9.84 Å². The van der Waals surface area contributed by atoms with E-state index in [1.807, 2.05) is 0 Å². The Morgan fingerprint density at radius 3 is 2.70 bits per heavy atom. The molecular weight excluding hydrogens is 314 g/mol. The smallest absolute Gasteiger partial charge is 0.175 e. The summed E-state index contributed by atoms with van der Waals surface area (Å²) in [6.45, 7) is 5.54. The third kappa shape index (κ3) is 4.25. The number of rotatable bonds is 5. The Hall–Kier alpha value is -1.11. The molecule has 3 rings (SSSR count). The molecule has 0 N–H and O–H groups in total. The zero-order valence-electron chi connectivity index (χ0n) is 13.7. The maximum atomic E-state index is 11.4. The zero-order valence-corrected chi connectivity index (χ0v) is 14.5. The molecule has 2 heterocycles. The van der Waals surface area contributed by atoms with Crippen molar-refractivity contribution in [1.29, 1.82) is 0 Å². The second-order valence-corrected chi connectivity index (χ2v) is 8.79. The van der Waals surface area contributed by atoms with Crippen LogP contribution in [0.15, 0.2) is 29.2 Å². The molecule has 0 radical (unpaired) electrons. The van der Waals surface area contributed by atoms with Gasteiger partial charge in [0.1, 0.15) is 12.4 Å². The number of likely N-dealkylation sites (tertiary alicyclic amines) is 1. The lowest BCUT2D eigenvalue weighted by Gasteiger charge is -2.33. The average molecular weight is 339 g/mol. The summed E-state index contributed by atoms with van der Waals surface area (Å²) in [7, 11) is -3.14.